The van der Waals surface area contributed by atoms with Crippen LogP contribution in [0.25, 0.3) is 0 Å². The van der Waals surface area contributed by atoms with Crippen molar-refractivity contribution in [2.24, 2.45) is 0 Å². The van der Waals surface area contributed by atoms with E-state index in [9.17, 15) is 4.79 Å². The number of halogens is 1. The minimum atomic E-state index is -0.00998. The predicted octanol–water partition coefficient (Wildman–Crippen LogP) is 4.17. The van der Waals surface area contributed by atoms with E-state index in [1.807, 2.05) is 36.0 Å². The summed E-state index contributed by atoms with van der Waals surface area (Å²) < 4.78 is 0.982. The summed E-state index contributed by atoms with van der Waals surface area (Å²) in [4.78, 5) is 13.2. The molecule has 1 aromatic heterocycles. The monoisotopic (exact) mass is 355 g/mol. The molecular formula is C14H14BrNOS2. The van der Waals surface area contributed by atoms with Gasteiger partial charge in [0.05, 0.1) is 0 Å². The normalized spacial score (nSPS) is 10.4. The van der Waals surface area contributed by atoms with E-state index in [4.69, 9.17) is 0 Å². The third-order valence-electron chi connectivity index (χ3n) is 2.46. The lowest BCUT2D eigenvalue weighted by Crippen LogP contribution is -2.25. The number of carbonyl (C=O) groups excluding carboxylic acids is 1. The number of thiophene rings is 1. The van der Waals surface area contributed by atoms with Gasteiger partial charge in [0.1, 0.15) is 0 Å². The number of hydrogen-bond donors (Lipinski definition) is 1. The van der Waals surface area contributed by atoms with Crippen LogP contribution in [-0.4, -0.2) is 18.2 Å². The van der Waals surface area contributed by atoms with Gasteiger partial charge in [-0.05, 0) is 35.7 Å². The number of benzene rings is 1. The van der Waals surface area contributed by atoms with Crippen molar-refractivity contribution in [2.45, 2.75) is 5.75 Å². The highest BCUT2D eigenvalue weighted by Gasteiger charge is 2.03. The molecule has 0 fully saturated rings. The molecule has 2 aromatic rings. The Labute approximate surface area is 129 Å². The molecule has 1 aromatic carbocycles. The number of rotatable bonds is 6. The topological polar surface area (TPSA) is 29.1 Å². The van der Waals surface area contributed by atoms with Crippen molar-refractivity contribution in [3.63, 3.8) is 0 Å². The maximum atomic E-state index is 11.8. The van der Waals surface area contributed by atoms with Crippen molar-refractivity contribution in [1.82, 2.24) is 5.32 Å². The lowest BCUT2D eigenvalue weighted by Gasteiger charge is -2.05. The molecule has 1 amide bonds. The second-order valence-electron chi connectivity index (χ2n) is 3.89. The largest absolute Gasteiger partial charge is 0.351 e. The maximum Gasteiger partial charge on any atom is 0.251 e. The third kappa shape index (κ3) is 5.01. The fourth-order valence-electron chi connectivity index (χ4n) is 1.51. The van der Waals surface area contributed by atoms with Crippen LogP contribution >= 0.6 is 39.0 Å². The van der Waals surface area contributed by atoms with Gasteiger partial charge in [-0.15, -0.1) is 11.3 Å². The van der Waals surface area contributed by atoms with Gasteiger partial charge in [-0.3, -0.25) is 4.79 Å². The SMILES string of the molecule is O=C(NCCSCc1cccs1)c1ccc(Br)cc1. The van der Waals surface area contributed by atoms with Gasteiger partial charge < -0.3 is 5.32 Å². The number of carbonyl (C=O) groups is 1. The van der Waals surface area contributed by atoms with Crippen molar-refractivity contribution in [1.29, 1.82) is 0 Å². The molecule has 0 aliphatic heterocycles. The van der Waals surface area contributed by atoms with Crippen LogP contribution in [-0.2, 0) is 5.75 Å². The molecule has 2 nitrogen and oxygen atoms in total. The summed E-state index contributed by atoms with van der Waals surface area (Å²) in [6.45, 7) is 0.699. The van der Waals surface area contributed by atoms with Crippen molar-refractivity contribution in [3.05, 3.63) is 56.7 Å². The van der Waals surface area contributed by atoms with Gasteiger partial charge in [0.25, 0.3) is 5.91 Å². The first-order valence-electron chi connectivity index (χ1n) is 5.89. The molecule has 0 atom stereocenters. The number of nitrogens with one attached hydrogen (secondary N) is 1. The fourth-order valence-corrected chi connectivity index (χ4v) is 3.47. The van der Waals surface area contributed by atoms with E-state index in [-0.39, 0.29) is 5.91 Å². The van der Waals surface area contributed by atoms with E-state index in [1.54, 1.807) is 11.3 Å². The van der Waals surface area contributed by atoms with E-state index in [0.717, 1.165) is 16.0 Å². The van der Waals surface area contributed by atoms with Gasteiger partial charge in [0.2, 0.25) is 0 Å². The standard InChI is InChI=1S/C14H14BrNOS2/c15-12-5-3-11(4-6-12)14(17)16-7-9-18-10-13-2-1-8-19-13/h1-6,8H,7,9-10H2,(H,16,17). The highest BCUT2D eigenvalue weighted by molar-refractivity contribution is 9.10. The van der Waals surface area contributed by atoms with E-state index in [2.05, 4.69) is 38.8 Å². The molecule has 100 valence electrons. The Kier molecular flexibility index (Phi) is 5.94. The van der Waals surface area contributed by atoms with Crippen molar-refractivity contribution in [3.8, 4) is 0 Å². The molecule has 0 bridgehead atoms. The quantitative estimate of drug-likeness (QED) is 0.787. The van der Waals surface area contributed by atoms with Gasteiger partial charge in [-0.25, -0.2) is 0 Å². The smallest absolute Gasteiger partial charge is 0.251 e. The molecule has 0 aliphatic rings. The zero-order valence-electron chi connectivity index (χ0n) is 10.3. The molecule has 0 unspecified atom stereocenters. The van der Waals surface area contributed by atoms with Gasteiger partial charge in [-0.1, -0.05) is 22.0 Å². The van der Waals surface area contributed by atoms with Crippen molar-refractivity contribution < 1.29 is 4.79 Å². The molecule has 19 heavy (non-hydrogen) atoms. The first-order chi connectivity index (χ1) is 9.25. The van der Waals surface area contributed by atoms with E-state index < -0.39 is 0 Å². The van der Waals surface area contributed by atoms with E-state index in [0.29, 0.717) is 12.1 Å². The van der Waals surface area contributed by atoms with Crippen LogP contribution < -0.4 is 5.32 Å². The summed E-state index contributed by atoms with van der Waals surface area (Å²) in [6.07, 6.45) is 0. The highest BCUT2D eigenvalue weighted by atomic mass is 79.9. The first-order valence-corrected chi connectivity index (χ1v) is 8.72. The lowest BCUT2D eigenvalue weighted by molar-refractivity contribution is 0.0956. The summed E-state index contributed by atoms with van der Waals surface area (Å²) >= 11 is 6.96. The van der Waals surface area contributed by atoms with Gasteiger partial charge in [0, 0.05) is 33.0 Å². The van der Waals surface area contributed by atoms with Crippen LogP contribution in [0.2, 0.25) is 0 Å². The molecule has 1 N–H and O–H groups in total. The third-order valence-corrected chi connectivity index (χ3v) is 5.06. The zero-order valence-corrected chi connectivity index (χ0v) is 13.5. The molecular weight excluding hydrogens is 342 g/mol. The molecule has 2 rings (SSSR count). The van der Waals surface area contributed by atoms with Crippen LogP contribution in [0.5, 0.6) is 0 Å². The molecule has 0 spiro atoms. The lowest BCUT2D eigenvalue weighted by atomic mass is 10.2. The summed E-state index contributed by atoms with van der Waals surface area (Å²) in [5.74, 6) is 1.94. The molecule has 0 saturated carbocycles. The molecule has 5 heteroatoms. The van der Waals surface area contributed by atoms with Crippen LogP contribution in [0.15, 0.2) is 46.3 Å². The van der Waals surface area contributed by atoms with Crippen molar-refractivity contribution >= 4 is 44.9 Å². The van der Waals surface area contributed by atoms with Crippen LogP contribution in [0.4, 0.5) is 0 Å². The first kappa shape index (κ1) is 14.6. The van der Waals surface area contributed by atoms with Gasteiger partial charge >= 0.3 is 0 Å². The Morgan fingerprint density at radius 3 is 2.74 bits per heavy atom. The van der Waals surface area contributed by atoms with Gasteiger partial charge in [-0.2, -0.15) is 11.8 Å². The van der Waals surface area contributed by atoms with Crippen LogP contribution in [0.3, 0.4) is 0 Å². The second-order valence-corrected chi connectivity index (χ2v) is 6.95. The average Bonchev–Trinajstić information content (AvgIpc) is 2.92. The summed E-state index contributed by atoms with van der Waals surface area (Å²) in [7, 11) is 0. The Morgan fingerprint density at radius 2 is 2.05 bits per heavy atom. The van der Waals surface area contributed by atoms with Gasteiger partial charge in [0.15, 0.2) is 0 Å². The summed E-state index contributed by atoms with van der Waals surface area (Å²) in [5, 5.41) is 5.02. The fraction of sp³-hybridized carbons (Fsp3) is 0.214. The predicted molar refractivity (Wildman–Crippen MR) is 87.0 cm³/mol. The minimum absolute atomic E-state index is 0.00998. The maximum absolute atomic E-state index is 11.8. The number of thioether (sulfide) groups is 1. The number of hydrogen-bond acceptors (Lipinski definition) is 3. The van der Waals surface area contributed by atoms with Crippen LogP contribution in [0.1, 0.15) is 15.2 Å². The van der Waals surface area contributed by atoms with E-state index >= 15 is 0 Å². The Morgan fingerprint density at radius 1 is 1.26 bits per heavy atom. The van der Waals surface area contributed by atoms with Crippen molar-refractivity contribution in [2.75, 3.05) is 12.3 Å². The Balaban J connectivity index is 1.65. The summed E-state index contributed by atoms with van der Waals surface area (Å²) in [5.41, 5.74) is 0.700. The molecule has 0 radical (unpaired) electrons. The van der Waals surface area contributed by atoms with Crippen LogP contribution in [0, 0.1) is 0 Å². The highest BCUT2D eigenvalue weighted by Crippen LogP contribution is 2.16. The average molecular weight is 356 g/mol. The Bertz CT molecular complexity index is 511. The summed E-state index contributed by atoms with van der Waals surface area (Å²) in [6, 6.07) is 11.6. The van der Waals surface area contributed by atoms with E-state index in [1.165, 1.54) is 4.88 Å². The number of amides is 1. The Hall–Kier alpha value is -0.780. The minimum Gasteiger partial charge on any atom is -0.351 e. The second kappa shape index (κ2) is 7.72. The molecule has 1 heterocycles. The molecule has 0 aliphatic carbocycles. The zero-order chi connectivity index (χ0) is 13.5. The molecule has 0 saturated heterocycles.